The minimum Gasteiger partial charge on any atom is -0.491 e. The Balaban J connectivity index is 1.59. The first-order chi connectivity index (χ1) is 9.88. The molecular weight excluding hydrogens is 270 g/mol. The Morgan fingerprint density at radius 1 is 1.10 bits per heavy atom. The lowest BCUT2D eigenvalue weighted by Crippen LogP contribution is -2.09. The molecule has 1 aromatic heterocycles. The van der Waals surface area contributed by atoms with Crippen molar-refractivity contribution in [3.63, 3.8) is 0 Å². The highest BCUT2D eigenvalue weighted by molar-refractivity contribution is 7.09. The summed E-state index contributed by atoms with van der Waals surface area (Å²) in [5.41, 5.74) is 1.23. The molecule has 20 heavy (non-hydrogen) atoms. The molecule has 0 aliphatic heterocycles. The number of nitrogens with one attached hydrogen (secondary N) is 1. The monoisotopic (exact) mass is 291 g/mol. The average molecular weight is 291 g/mol. The fourth-order valence-corrected chi connectivity index (χ4v) is 2.59. The van der Waals surface area contributed by atoms with Gasteiger partial charge in [0.2, 0.25) is 0 Å². The number of thiophene rings is 1. The summed E-state index contributed by atoms with van der Waals surface area (Å²) >= 11 is 1.77. The van der Waals surface area contributed by atoms with Gasteiger partial charge in [-0.05, 0) is 36.2 Å². The molecule has 1 heterocycles. The van der Waals surface area contributed by atoms with E-state index < -0.39 is 0 Å². The van der Waals surface area contributed by atoms with Crippen molar-refractivity contribution in [2.75, 3.05) is 26.9 Å². The molecule has 0 fully saturated rings. The molecule has 0 aliphatic rings. The van der Waals surface area contributed by atoms with E-state index in [1.165, 1.54) is 10.4 Å². The van der Waals surface area contributed by atoms with Crippen LogP contribution in [0.1, 0.15) is 10.4 Å². The van der Waals surface area contributed by atoms with E-state index in [0.717, 1.165) is 25.3 Å². The first-order valence-corrected chi connectivity index (χ1v) is 7.73. The smallest absolute Gasteiger partial charge is 0.119 e. The molecule has 0 amide bonds. The molecule has 0 atom stereocenters. The zero-order valence-corrected chi connectivity index (χ0v) is 12.6. The predicted octanol–water partition coefficient (Wildman–Crippen LogP) is 3.11. The van der Waals surface area contributed by atoms with Gasteiger partial charge in [0.1, 0.15) is 12.4 Å². The normalized spacial score (nSPS) is 10.7. The molecule has 0 saturated heterocycles. The second-order valence-electron chi connectivity index (χ2n) is 4.47. The summed E-state index contributed by atoms with van der Waals surface area (Å²) in [6, 6.07) is 12.3. The average Bonchev–Trinajstić information content (AvgIpc) is 2.97. The fourth-order valence-electron chi connectivity index (χ4n) is 1.90. The van der Waals surface area contributed by atoms with E-state index in [-0.39, 0.29) is 0 Å². The highest BCUT2D eigenvalue weighted by Gasteiger charge is 1.97. The van der Waals surface area contributed by atoms with Gasteiger partial charge in [0.15, 0.2) is 0 Å². The van der Waals surface area contributed by atoms with Crippen molar-refractivity contribution in [3.05, 3.63) is 52.2 Å². The Morgan fingerprint density at radius 3 is 2.85 bits per heavy atom. The van der Waals surface area contributed by atoms with Crippen molar-refractivity contribution in [3.8, 4) is 5.75 Å². The molecule has 2 aromatic rings. The summed E-state index contributed by atoms with van der Waals surface area (Å²) in [4.78, 5) is 1.37. The van der Waals surface area contributed by atoms with Gasteiger partial charge in [-0.25, -0.2) is 0 Å². The second-order valence-corrected chi connectivity index (χ2v) is 5.50. The molecule has 0 radical (unpaired) electrons. The molecule has 0 bridgehead atoms. The first-order valence-electron chi connectivity index (χ1n) is 6.85. The van der Waals surface area contributed by atoms with Gasteiger partial charge in [-0.3, -0.25) is 0 Å². The SMILES string of the molecule is CNCc1cccc(OCCOCCc2cccs2)c1. The maximum atomic E-state index is 5.68. The molecule has 0 aliphatic carbocycles. The largest absolute Gasteiger partial charge is 0.491 e. The van der Waals surface area contributed by atoms with E-state index in [4.69, 9.17) is 9.47 Å². The van der Waals surface area contributed by atoms with Gasteiger partial charge >= 0.3 is 0 Å². The van der Waals surface area contributed by atoms with E-state index in [1.807, 2.05) is 19.2 Å². The van der Waals surface area contributed by atoms with Crippen LogP contribution in [0.4, 0.5) is 0 Å². The Kier molecular flexibility index (Phi) is 6.57. The zero-order valence-electron chi connectivity index (χ0n) is 11.8. The number of hydrogen-bond donors (Lipinski definition) is 1. The number of hydrogen-bond acceptors (Lipinski definition) is 4. The van der Waals surface area contributed by atoms with Crippen LogP contribution in [-0.4, -0.2) is 26.9 Å². The lowest BCUT2D eigenvalue weighted by molar-refractivity contribution is 0.103. The Hall–Kier alpha value is -1.36. The van der Waals surface area contributed by atoms with E-state index in [0.29, 0.717) is 13.2 Å². The van der Waals surface area contributed by atoms with Crippen LogP contribution >= 0.6 is 11.3 Å². The maximum absolute atomic E-state index is 5.68. The maximum Gasteiger partial charge on any atom is 0.119 e. The third-order valence-electron chi connectivity index (χ3n) is 2.85. The van der Waals surface area contributed by atoms with Gasteiger partial charge in [0.05, 0.1) is 13.2 Å². The van der Waals surface area contributed by atoms with Crippen LogP contribution in [0, 0.1) is 0 Å². The van der Waals surface area contributed by atoms with Crippen molar-refractivity contribution in [2.24, 2.45) is 0 Å². The predicted molar refractivity (Wildman–Crippen MR) is 83.5 cm³/mol. The molecule has 2 rings (SSSR count). The highest BCUT2D eigenvalue weighted by Crippen LogP contribution is 2.13. The number of rotatable bonds is 9. The van der Waals surface area contributed by atoms with E-state index in [9.17, 15) is 0 Å². The Morgan fingerprint density at radius 2 is 2.05 bits per heavy atom. The first kappa shape index (κ1) is 15.0. The molecule has 1 N–H and O–H groups in total. The lowest BCUT2D eigenvalue weighted by atomic mass is 10.2. The Labute approximate surface area is 124 Å². The van der Waals surface area contributed by atoms with Gasteiger partial charge in [0, 0.05) is 17.8 Å². The molecular formula is C16H21NO2S. The third-order valence-corrected chi connectivity index (χ3v) is 3.78. The Bertz CT molecular complexity index is 485. The molecule has 108 valence electrons. The van der Waals surface area contributed by atoms with Gasteiger partial charge < -0.3 is 14.8 Å². The highest BCUT2D eigenvalue weighted by atomic mass is 32.1. The van der Waals surface area contributed by atoms with Crippen molar-refractivity contribution in [1.82, 2.24) is 5.32 Å². The number of benzene rings is 1. The topological polar surface area (TPSA) is 30.5 Å². The molecule has 0 spiro atoms. The summed E-state index contributed by atoms with van der Waals surface area (Å²) in [6.07, 6.45) is 0.981. The molecule has 1 aromatic carbocycles. The molecule has 0 unspecified atom stereocenters. The van der Waals surface area contributed by atoms with Crippen LogP contribution in [0.15, 0.2) is 41.8 Å². The van der Waals surface area contributed by atoms with Gasteiger partial charge in [-0.15, -0.1) is 11.3 Å². The molecule has 0 saturated carbocycles. The fraction of sp³-hybridized carbons (Fsp3) is 0.375. The van der Waals surface area contributed by atoms with Crippen LogP contribution in [0.25, 0.3) is 0 Å². The van der Waals surface area contributed by atoms with Crippen LogP contribution < -0.4 is 10.1 Å². The van der Waals surface area contributed by atoms with E-state index in [1.54, 1.807) is 11.3 Å². The molecule has 4 heteroatoms. The van der Waals surface area contributed by atoms with Crippen molar-refractivity contribution in [2.45, 2.75) is 13.0 Å². The van der Waals surface area contributed by atoms with E-state index >= 15 is 0 Å². The minimum atomic E-state index is 0.591. The van der Waals surface area contributed by atoms with Crippen LogP contribution in [-0.2, 0) is 17.7 Å². The molecule has 3 nitrogen and oxygen atoms in total. The quantitative estimate of drug-likeness (QED) is 0.720. The summed E-state index contributed by atoms with van der Waals surface area (Å²) in [6.45, 7) is 2.83. The number of ether oxygens (including phenoxy) is 2. The lowest BCUT2D eigenvalue weighted by Gasteiger charge is -2.08. The van der Waals surface area contributed by atoms with Gasteiger partial charge in [0.25, 0.3) is 0 Å². The summed E-state index contributed by atoms with van der Waals surface area (Å²) in [5, 5.41) is 5.22. The van der Waals surface area contributed by atoms with Crippen LogP contribution in [0.5, 0.6) is 5.75 Å². The van der Waals surface area contributed by atoms with Crippen molar-refractivity contribution >= 4 is 11.3 Å². The zero-order chi connectivity index (χ0) is 14.0. The summed E-state index contributed by atoms with van der Waals surface area (Å²) in [7, 11) is 1.94. The standard InChI is InChI=1S/C16H21NO2S/c1-17-13-14-4-2-5-15(12-14)19-10-9-18-8-7-16-6-3-11-20-16/h2-6,11-12,17H,7-10,13H2,1H3. The van der Waals surface area contributed by atoms with E-state index in [2.05, 4.69) is 35.0 Å². The van der Waals surface area contributed by atoms with Crippen molar-refractivity contribution in [1.29, 1.82) is 0 Å². The van der Waals surface area contributed by atoms with Crippen LogP contribution in [0.2, 0.25) is 0 Å². The minimum absolute atomic E-state index is 0.591. The third kappa shape index (κ3) is 5.33. The van der Waals surface area contributed by atoms with Gasteiger partial charge in [-0.2, -0.15) is 0 Å². The van der Waals surface area contributed by atoms with Crippen LogP contribution in [0.3, 0.4) is 0 Å². The van der Waals surface area contributed by atoms with Gasteiger partial charge in [-0.1, -0.05) is 18.2 Å². The summed E-state index contributed by atoms with van der Waals surface area (Å²) in [5.74, 6) is 0.902. The second kappa shape index (κ2) is 8.74. The summed E-state index contributed by atoms with van der Waals surface area (Å²) < 4.78 is 11.3. The van der Waals surface area contributed by atoms with Crippen molar-refractivity contribution < 1.29 is 9.47 Å².